The normalized spacial score (nSPS) is 24.3. The van der Waals surface area contributed by atoms with Gasteiger partial charge in [-0.1, -0.05) is 19.1 Å². The Labute approximate surface area is 107 Å². The number of sulfonamides is 1. The van der Waals surface area contributed by atoms with E-state index in [1.165, 1.54) is 24.3 Å². The molecule has 0 saturated heterocycles. The van der Waals surface area contributed by atoms with Gasteiger partial charge < -0.3 is 0 Å². The second kappa shape index (κ2) is 5.36. The molecule has 1 N–H and O–H groups in total. The van der Waals surface area contributed by atoms with Crippen LogP contribution in [0.25, 0.3) is 0 Å². The minimum absolute atomic E-state index is 0.0606. The summed E-state index contributed by atoms with van der Waals surface area (Å²) < 4.78 is 39.3. The molecule has 0 heterocycles. The summed E-state index contributed by atoms with van der Waals surface area (Å²) in [5.41, 5.74) is 0.606. The van der Waals surface area contributed by atoms with E-state index in [-0.39, 0.29) is 17.6 Å². The van der Waals surface area contributed by atoms with Crippen LogP contribution in [0.3, 0.4) is 0 Å². The van der Waals surface area contributed by atoms with E-state index in [9.17, 15) is 12.8 Å². The van der Waals surface area contributed by atoms with E-state index >= 15 is 0 Å². The van der Waals surface area contributed by atoms with Crippen molar-refractivity contribution < 1.29 is 12.8 Å². The Kier molecular flexibility index (Phi) is 4.02. The predicted molar refractivity (Wildman–Crippen MR) is 69.0 cm³/mol. The lowest BCUT2D eigenvalue weighted by Crippen LogP contribution is -2.33. The van der Waals surface area contributed by atoms with Gasteiger partial charge in [-0.2, -0.15) is 0 Å². The standard InChI is InChI=1S/C13H18FNO2S/c1-10-2-7-13(8-10)15-18(16,17)9-11-3-5-12(14)6-4-11/h3-6,10,13,15H,2,7-9H2,1H3. The van der Waals surface area contributed by atoms with E-state index in [1.807, 2.05) is 0 Å². The molecule has 3 nitrogen and oxygen atoms in total. The summed E-state index contributed by atoms with van der Waals surface area (Å²) in [4.78, 5) is 0. The average molecular weight is 271 g/mol. The van der Waals surface area contributed by atoms with E-state index in [0.29, 0.717) is 11.5 Å². The highest BCUT2D eigenvalue weighted by Gasteiger charge is 2.25. The first-order valence-corrected chi connectivity index (χ1v) is 7.84. The molecular formula is C13H18FNO2S. The van der Waals surface area contributed by atoms with E-state index in [4.69, 9.17) is 0 Å². The first-order valence-electron chi connectivity index (χ1n) is 6.19. The van der Waals surface area contributed by atoms with E-state index in [1.54, 1.807) is 0 Å². The van der Waals surface area contributed by atoms with Crippen molar-refractivity contribution in [1.82, 2.24) is 4.72 Å². The molecular weight excluding hydrogens is 253 g/mol. The summed E-state index contributed by atoms with van der Waals surface area (Å²) in [7, 11) is -3.33. The van der Waals surface area contributed by atoms with Gasteiger partial charge >= 0.3 is 0 Å². The molecule has 1 saturated carbocycles. The lowest BCUT2D eigenvalue weighted by Gasteiger charge is -2.13. The van der Waals surface area contributed by atoms with Crippen molar-refractivity contribution in [1.29, 1.82) is 0 Å². The van der Waals surface area contributed by atoms with Gasteiger partial charge in [0.05, 0.1) is 5.75 Å². The van der Waals surface area contributed by atoms with Crippen molar-refractivity contribution in [3.8, 4) is 0 Å². The zero-order chi connectivity index (χ0) is 13.2. The smallest absolute Gasteiger partial charge is 0.212 e. The third-order valence-electron chi connectivity index (χ3n) is 3.31. The highest BCUT2D eigenvalue weighted by molar-refractivity contribution is 7.88. The quantitative estimate of drug-likeness (QED) is 0.914. The maximum atomic E-state index is 12.7. The molecule has 2 unspecified atom stereocenters. The zero-order valence-corrected chi connectivity index (χ0v) is 11.2. The molecule has 100 valence electrons. The Hall–Kier alpha value is -0.940. The topological polar surface area (TPSA) is 46.2 Å². The van der Waals surface area contributed by atoms with Gasteiger partial charge in [0.25, 0.3) is 0 Å². The molecule has 5 heteroatoms. The van der Waals surface area contributed by atoms with Crippen molar-refractivity contribution in [3.05, 3.63) is 35.6 Å². The minimum atomic E-state index is -3.33. The molecule has 1 fully saturated rings. The first-order chi connectivity index (χ1) is 8.44. The minimum Gasteiger partial charge on any atom is -0.212 e. The van der Waals surface area contributed by atoms with Crippen LogP contribution in [0.2, 0.25) is 0 Å². The van der Waals surface area contributed by atoms with Crippen LogP contribution in [-0.4, -0.2) is 14.5 Å². The van der Waals surface area contributed by atoms with Crippen molar-refractivity contribution in [2.45, 2.75) is 38.0 Å². The maximum Gasteiger partial charge on any atom is 0.216 e. The van der Waals surface area contributed by atoms with Crippen LogP contribution in [0, 0.1) is 11.7 Å². The molecule has 0 radical (unpaired) electrons. The number of hydrogen-bond donors (Lipinski definition) is 1. The van der Waals surface area contributed by atoms with Crippen LogP contribution in [0.4, 0.5) is 4.39 Å². The van der Waals surface area contributed by atoms with Gasteiger partial charge in [-0.25, -0.2) is 17.5 Å². The van der Waals surface area contributed by atoms with E-state index < -0.39 is 10.0 Å². The highest BCUT2D eigenvalue weighted by Crippen LogP contribution is 2.25. The van der Waals surface area contributed by atoms with Gasteiger partial charge in [0.2, 0.25) is 10.0 Å². The van der Waals surface area contributed by atoms with Crippen molar-refractivity contribution in [2.24, 2.45) is 5.92 Å². The fourth-order valence-corrected chi connectivity index (χ4v) is 3.85. The average Bonchev–Trinajstić information content (AvgIpc) is 2.66. The zero-order valence-electron chi connectivity index (χ0n) is 10.4. The number of rotatable bonds is 4. The molecule has 2 atom stereocenters. The van der Waals surface area contributed by atoms with Gasteiger partial charge in [-0.3, -0.25) is 0 Å². The second-order valence-corrected chi connectivity index (χ2v) is 6.87. The molecule has 0 aromatic heterocycles. The second-order valence-electron chi connectivity index (χ2n) is 5.12. The Morgan fingerprint density at radius 1 is 1.28 bits per heavy atom. The fraction of sp³-hybridized carbons (Fsp3) is 0.538. The number of halogens is 1. The largest absolute Gasteiger partial charge is 0.216 e. The SMILES string of the molecule is CC1CCC(NS(=O)(=O)Cc2ccc(F)cc2)C1. The Morgan fingerprint density at radius 2 is 1.94 bits per heavy atom. The van der Waals surface area contributed by atoms with Crippen molar-refractivity contribution in [3.63, 3.8) is 0 Å². The number of benzene rings is 1. The fourth-order valence-electron chi connectivity index (χ4n) is 2.41. The Bertz CT molecular complexity index is 498. The molecule has 0 bridgehead atoms. The molecule has 1 aromatic rings. The third kappa shape index (κ3) is 3.78. The Balaban J connectivity index is 1.97. The molecule has 0 aliphatic heterocycles. The summed E-state index contributed by atoms with van der Waals surface area (Å²) in [6.07, 6.45) is 2.89. The summed E-state index contributed by atoms with van der Waals surface area (Å²) in [5, 5.41) is 0. The maximum absolute atomic E-state index is 12.7. The van der Waals surface area contributed by atoms with Gasteiger partial charge in [0.1, 0.15) is 5.82 Å². The van der Waals surface area contributed by atoms with E-state index in [2.05, 4.69) is 11.6 Å². The first kappa shape index (κ1) is 13.5. The van der Waals surface area contributed by atoms with Crippen LogP contribution >= 0.6 is 0 Å². The molecule has 18 heavy (non-hydrogen) atoms. The van der Waals surface area contributed by atoms with Crippen LogP contribution in [0.5, 0.6) is 0 Å². The summed E-state index contributed by atoms with van der Waals surface area (Å²) >= 11 is 0. The van der Waals surface area contributed by atoms with Gasteiger partial charge in [-0.15, -0.1) is 0 Å². The van der Waals surface area contributed by atoms with E-state index in [0.717, 1.165) is 19.3 Å². The lowest BCUT2D eigenvalue weighted by molar-refractivity contribution is 0.537. The third-order valence-corrected chi connectivity index (χ3v) is 4.72. The van der Waals surface area contributed by atoms with Crippen LogP contribution in [0.15, 0.2) is 24.3 Å². The molecule has 0 spiro atoms. The number of hydrogen-bond acceptors (Lipinski definition) is 2. The molecule has 1 aliphatic carbocycles. The van der Waals surface area contributed by atoms with Crippen molar-refractivity contribution in [2.75, 3.05) is 0 Å². The monoisotopic (exact) mass is 271 g/mol. The van der Waals surface area contributed by atoms with Crippen LogP contribution in [-0.2, 0) is 15.8 Å². The molecule has 1 aromatic carbocycles. The van der Waals surface area contributed by atoms with Gasteiger partial charge in [0.15, 0.2) is 0 Å². The van der Waals surface area contributed by atoms with Gasteiger partial charge in [-0.05, 0) is 42.9 Å². The van der Waals surface area contributed by atoms with Crippen LogP contribution < -0.4 is 4.72 Å². The van der Waals surface area contributed by atoms with Gasteiger partial charge in [0, 0.05) is 6.04 Å². The predicted octanol–water partition coefficient (Wildman–Crippen LogP) is 2.43. The summed E-state index contributed by atoms with van der Waals surface area (Å²) in [5.74, 6) is 0.148. The lowest BCUT2D eigenvalue weighted by atomic mass is 10.1. The number of nitrogens with one attached hydrogen (secondary N) is 1. The molecule has 0 amide bonds. The molecule has 2 rings (SSSR count). The molecule has 1 aliphatic rings. The summed E-state index contributed by atoms with van der Waals surface area (Å²) in [6.45, 7) is 2.13. The summed E-state index contributed by atoms with van der Waals surface area (Å²) in [6, 6.07) is 5.63. The Morgan fingerprint density at radius 3 is 2.50 bits per heavy atom. The van der Waals surface area contributed by atoms with Crippen LogP contribution in [0.1, 0.15) is 31.7 Å². The van der Waals surface area contributed by atoms with Crippen molar-refractivity contribution >= 4 is 10.0 Å². The highest BCUT2D eigenvalue weighted by atomic mass is 32.2.